The van der Waals surface area contributed by atoms with Crippen molar-refractivity contribution >= 4 is 50.6 Å². The molecule has 0 saturated heterocycles. The summed E-state index contributed by atoms with van der Waals surface area (Å²) in [5.74, 6) is 0.786. The maximum absolute atomic E-state index is 12.4. The molecule has 0 atom stereocenters. The minimum atomic E-state index is -0.156. The van der Waals surface area contributed by atoms with E-state index in [-0.39, 0.29) is 17.4 Å². The number of Topliss-reactive ketones (excluding diaryl/α,β-unsaturated/α-hetero) is 1. The third kappa shape index (κ3) is 4.60. The van der Waals surface area contributed by atoms with Crippen LogP contribution < -0.4 is 5.32 Å². The van der Waals surface area contributed by atoms with Gasteiger partial charge in [-0.05, 0) is 37.3 Å². The number of benzene rings is 2. The molecule has 156 valence electrons. The lowest BCUT2D eigenvalue weighted by atomic mass is 10.1. The molecule has 2 aromatic heterocycles. The third-order valence-corrected chi connectivity index (χ3v) is 6.59. The summed E-state index contributed by atoms with van der Waals surface area (Å²) in [6.07, 6.45) is 1.79. The zero-order valence-electron chi connectivity index (χ0n) is 16.9. The quantitative estimate of drug-likeness (QED) is 0.225. The number of amides is 1. The molecular formula is C23H20N4O2S2. The van der Waals surface area contributed by atoms with E-state index in [0.717, 1.165) is 16.8 Å². The summed E-state index contributed by atoms with van der Waals surface area (Å²) in [6, 6.07) is 15.0. The highest BCUT2D eigenvalue weighted by Crippen LogP contribution is 2.34. The topological polar surface area (TPSA) is 76.9 Å². The van der Waals surface area contributed by atoms with Gasteiger partial charge in [-0.1, -0.05) is 36.0 Å². The van der Waals surface area contributed by atoms with Gasteiger partial charge in [0.05, 0.1) is 5.75 Å². The van der Waals surface area contributed by atoms with E-state index in [1.54, 1.807) is 41.7 Å². The van der Waals surface area contributed by atoms with Crippen molar-refractivity contribution in [3.05, 3.63) is 72.1 Å². The van der Waals surface area contributed by atoms with E-state index in [1.165, 1.54) is 23.4 Å². The molecule has 2 heterocycles. The van der Waals surface area contributed by atoms with Gasteiger partial charge in [-0.15, -0.1) is 28.1 Å². The molecule has 0 aliphatic rings. The lowest BCUT2D eigenvalue weighted by molar-refractivity contribution is -0.113. The minimum Gasteiger partial charge on any atom is -0.325 e. The molecular weight excluding hydrogens is 428 g/mol. The van der Waals surface area contributed by atoms with Gasteiger partial charge in [0, 0.05) is 38.8 Å². The molecule has 0 aliphatic heterocycles. The third-order valence-electron chi connectivity index (χ3n) is 4.66. The first-order chi connectivity index (χ1) is 15.1. The number of ketones is 1. The predicted molar refractivity (Wildman–Crippen MR) is 127 cm³/mol. The Hall–Kier alpha value is -3.23. The number of hydrogen-bond acceptors (Lipinski definition) is 6. The van der Waals surface area contributed by atoms with Crippen LogP contribution in [0.5, 0.6) is 0 Å². The number of rotatable bonds is 8. The fourth-order valence-electron chi connectivity index (χ4n) is 3.15. The molecule has 4 aromatic rings. The highest BCUT2D eigenvalue weighted by atomic mass is 32.2. The molecule has 1 N–H and O–H groups in total. The van der Waals surface area contributed by atoms with Crippen LogP contribution in [0.25, 0.3) is 21.5 Å². The number of fused-ring (bicyclic) bond motifs is 1. The van der Waals surface area contributed by atoms with Crippen LogP contribution in [0.1, 0.15) is 17.3 Å². The fourth-order valence-corrected chi connectivity index (χ4v) is 4.84. The van der Waals surface area contributed by atoms with Crippen LogP contribution in [0.15, 0.2) is 71.7 Å². The van der Waals surface area contributed by atoms with Crippen molar-refractivity contribution in [1.29, 1.82) is 0 Å². The van der Waals surface area contributed by atoms with E-state index in [9.17, 15) is 9.59 Å². The Bertz CT molecular complexity index is 1260. The van der Waals surface area contributed by atoms with Crippen molar-refractivity contribution in [2.75, 3.05) is 11.1 Å². The number of allylic oxidation sites excluding steroid dienone is 1. The number of nitrogens with one attached hydrogen (secondary N) is 1. The zero-order valence-corrected chi connectivity index (χ0v) is 18.5. The highest BCUT2D eigenvalue weighted by Gasteiger charge is 2.17. The van der Waals surface area contributed by atoms with Gasteiger partial charge in [0.15, 0.2) is 16.8 Å². The highest BCUT2D eigenvalue weighted by molar-refractivity contribution is 7.99. The summed E-state index contributed by atoms with van der Waals surface area (Å²) in [5, 5.41) is 15.4. The molecule has 6 nitrogen and oxygen atoms in total. The van der Waals surface area contributed by atoms with Crippen molar-refractivity contribution in [2.45, 2.75) is 18.6 Å². The smallest absolute Gasteiger partial charge is 0.234 e. The van der Waals surface area contributed by atoms with Crippen molar-refractivity contribution in [2.24, 2.45) is 0 Å². The van der Waals surface area contributed by atoms with Crippen LogP contribution in [0, 0.1) is 0 Å². The molecule has 0 aliphatic carbocycles. The fraction of sp³-hybridized carbons (Fsp3) is 0.130. The van der Waals surface area contributed by atoms with Gasteiger partial charge in [0.1, 0.15) is 0 Å². The van der Waals surface area contributed by atoms with Gasteiger partial charge in [0.25, 0.3) is 0 Å². The maximum atomic E-state index is 12.4. The van der Waals surface area contributed by atoms with Gasteiger partial charge in [0.2, 0.25) is 5.91 Å². The minimum absolute atomic E-state index is 0.0100. The molecule has 0 spiro atoms. The monoisotopic (exact) mass is 448 g/mol. The summed E-state index contributed by atoms with van der Waals surface area (Å²) in [4.78, 5) is 23.8. The second-order valence-corrected chi connectivity index (χ2v) is 8.68. The van der Waals surface area contributed by atoms with Crippen LogP contribution in [-0.2, 0) is 11.3 Å². The summed E-state index contributed by atoms with van der Waals surface area (Å²) >= 11 is 2.99. The number of hydrogen-bond donors (Lipinski definition) is 1. The molecule has 31 heavy (non-hydrogen) atoms. The van der Waals surface area contributed by atoms with E-state index in [2.05, 4.69) is 39.6 Å². The van der Waals surface area contributed by atoms with Crippen molar-refractivity contribution in [3.8, 4) is 11.4 Å². The summed E-state index contributed by atoms with van der Waals surface area (Å²) in [6.45, 7) is 5.90. The molecule has 8 heteroatoms. The standard InChI is InChI=1S/C23H20N4O2S2/c1-3-12-27-22(19-13-30-20-7-5-4-6-18(19)20)25-26-23(27)31-14-21(29)24-17-10-8-16(9-11-17)15(2)28/h3-11,13H,1,12,14H2,2H3,(H,24,29). The number of carbonyl (C=O) groups is 2. The van der Waals surface area contributed by atoms with Crippen molar-refractivity contribution in [1.82, 2.24) is 14.8 Å². The SMILES string of the molecule is C=CCn1c(SCC(=O)Nc2ccc(C(C)=O)cc2)nnc1-c1csc2ccccc12. The van der Waals surface area contributed by atoms with Crippen molar-refractivity contribution < 1.29 is 9.59 Å². The lowest BCUT2D eigenvalue weighted by Crippen LogP contribution is -2.14. The van der Waals surface area contributed by atoms with E-state index in [1.807, 2.05) is 16.7 Å². The molecule has 1 amide bonds. The molecule has 0 radical (unpaired) electrons. The Kier molecular flexibility index (Phi) is 6.29. The summed E-state index contributed by atoms with van der Waals surface area (Å²) < 4.78 is 3.16. The second-order valence-electron chi connectivity index (χ2n) is 6.82. The number of thiophene rings is 1. The average Bonchev–Trinajstić information content (AvgIpc) is 3.37. The van der Waals surface area contributed by atoms with Gasteiger partial charge in [-0.3, -0.25) is 14.2 Å². The summed E-state index contributed by atoms with van der Waals surface area (Å²) in [5.41, 5.74) is 2.28. The van der Waals surface area contributed by atoms with Crippen LogP contribution in [0.3, 0.4) is 0 Å². The number of thioether (sulfide) groups is 1. The Labute approximate surface area is 188 Å². The van der Waals surface area contributed by atoms with E-state index >= 15 is 0 Å². The second kappa shape index (κ2) is 9.28. The largest absolute Gasteiger partial charge is 0.325 e. The van der Waals surface area contributed by atoms with Crippen LogP contribution in [0.2, 0.25) is 0 Å². The first-order valence-corrected chi connectivity index (χ1v) is 11.5. The van der Waals surface area contributed by atoms with Crippen LogP contribution in [0.4, 0.5) is 5.69 Å². The molecule has 0 saturated carbocycles. The molecule has 2 aromatic carbocycles. The Balaban J connectivity index is 1.49. The van der Waals surface area contributed by atoms with Gasteiger partial charge in [-0.2, -0.15) is 0 Å². The first kappa shape index (κ1) is 21.0. The molecule has 0 bridgehead atoms. The average molecular weight is 449 g/mol. The van der Waals surface area contributed by atoms with Gasteiger partial charge in [-0.25, -0.2) is 0 Å². The van der Waals surface area contributed by atoms with E-state index in [4.69, 9.17) is 0 Å². The molecule has 4 rings (SSSR count). The number of nitrogens with zero attached hydrogens (tertiary/aromatic N) is 3. The zero-order chi connectivity index (χ0) is 21.8. The van der Waals surface area contributed by atoms with Crippen LogP contribution in [-0.4, -0.2) is 32.2 Å². The van der Waals surface area contributed by atoms with E-state index < -0.39 is 0 Å². The molecule has 0 unspecified atom stereocenters. The van der Waals surface area contributed by atoms with Crippen molar-refractivity contribution in [3.63, 3.8) is 0 Å². The number of aromatic nitrogens is 3. The predicted octanol–water partition coefficient (Wildman–Crippen LogP) is 5.28. The summed E-state index contributed by atoms with van der Waals surface area (Å²) in [7, 11) is 0. The lowest BCUT2D eigenvalue weighted by Gasteiger charge is -2.08. The number of anilines is 1. The Morgan fingerprint density at radius 2 is 1.94 bits per heavy atom. The van der Waals surface area contributed by atoms with E-state index in [0.29, 0.717) is 23.0 Å². The van der Waals surface area contributed by atoms with Gasteiger partial charge >= 0.3 is 0 Å². The maximum Gasteiger partial charge on any atom is 0.234 e. The normalized spacial score (nSPS) is 10.9. The Morgan fingerprint density at radius 1 is 1.16 bits per heavy atom. The molecule has 0 fully saturated rings. The van der Waals surface area contributed by atoms with Gasteiger partial charge < -0.3 is 5.32 Å². The Morgan fingerprint density at radius 3 is 2.68 bits per heavy atom. The van der Waals surface area contributed by atoms with Crippen LogP contribution >= 0.6 is 23.1 Å². The first-order valence-electron chi connectivity index (χ1n) is 9.61. The number of carbonyl (C=O) groups excluding carboxylic acids is 2.